The van der Waals surface area contributed by atoms with Gasteiger partial charge in [-0.15, -0.1) is 0 Å². The van der Waals surface area contributed by atoms with Crippen LogP contribution in [0.2, 0.25) is 5.02 Å². The molecule has 2 rings (SSSR count). The van der Waals surface area contributed by atoms with E-state index in [4.69, 9.17) is 16.7 Å². The fourth-order valence-corrected chi connectivity index (χ4v) is 2.05. The van der Waals surface area contributed by atoms with Crippen molar-refractivity contribution >= 4 is 29.2 Å². The van der Waals surface area contributed by atoms with Gasteiger partial charge in [-0.2, -0.15) is 0 Å². The average molecular weight is 269 g/mol. The molecule has 0 saturated carbocycles. The van der Waals surface area contributed by atoms with E-state index in [0.717, 1.165) is 19.4 Å². The second-order valence-corrected chi connectivity index (χ2v) is 4.55. The summed E-state index contributed by atoms with van der Waals surface area (Å²) in [7, 11) is 0. The number of benzene rings is 1. The second-order valence-electron chi connectivity index (χ2n) is 4.14. The molecule has 0 aromatic heterocycles. The first kappa shape index (κ1) is 12.9. The molecule has 1 atom stereocenters. The first-order chi connectivity index (χ1) is 8.58. The number of anilines is 1. The van der Waals surface area contributed by atoms with E-state index in [1.54, 1.807) is 0 Å². The minimum atomic E-state index is -1.05. The largest absolute Gasteiger partial charge is 0.478 e. The second kappa shape index (κ2) is 5.37. The number of nitrogens with one attached hydrogen (secondary N) is 2. The van der Waals surface area contributed by atoms with Gasteiger partial charge in [0.05, 0.1) is 22.3 Å². The summed E-state index contributed by atoms with van der Waals surface area (Å²) in [6.07, 6.45) is 1.74. The fourth-order valence-electron chi connectivity index (χ4n) is 1.88. The number of carbonyl (C=O) groups excluding carboxylic acids is 1. The lowest BCUT2D eigenvalue weighted by atomic mass is 10.1. The van der Waals surface area contributed by atoms with E-state index in [1.165, 1.54) is 18.2 Å². The molecule has 1 unspecified atom stereocenters. The summed E-state index contributed by atoms with van der Waals surface area (Å²) in [6, 6.07) is 3.99. The van der Waals surface area contributed by atoms with Crippen LogP contribution in [-0.4, -0.2) is 29.6 Å². The van der Waals surface area contributed by atoms with Crippen LogP contribution >= 0.6 is 11.6 Å². The van der Waals surface area contributed by atoms with E-state index in [1.807, 2.05) is 0 Å². The lowest BCUT2D eigenvalue weighted by Crippen LogP contribution is -2.35. The molecule has 1 aromatic carbocycles. The molecule has 1 aliphatic heterocycles. The van der Waals surface area contributed by atoms with Gasteiger partial charge in [-0.05, 0) is 37.6 Å². The highest BCUT2D eigenvalue weighted by Gasteiger charge is 2.22. The third-order valence-corrected chi connectivity index (χ3v) is 3.18. The monoisotopic (exact) mass is 268 g/mol. The number of carbonyl (C=O) groups is 2. The van der Waals surface area contributed by atoms with Crippen LogP contribution in [0, 0.1) is 0 Å². The molecule has 1 amide bonds. The smallest absolute Gasteiger partial charge is 0.335 e. The van der Waals surface area contributed by atoms with E-state index in [9.17, 15) is 9.59 Å². The van der Waals surface area contributed by atoms with E-state index < -0.39 is 5.97 Å². The van der Waals surface area contributed by atoms with Crippen molar-refractivity contribution in [1.29, 1.82) is 0 Å². The summed E-state index contributed by atoms with van der Waals surface area (Å²) in [5, 5.41) is 14.9. The van der Waals surface area contributed by atoms with Crippen molar-refractivity contribution in [3.8, 4) is 0 Å². The van der Waals surface area contributed by atoms with Crippen LogP contribution in [0.1, 0.15) is 23.2 Å². The molecule has 18 heavy (non-hydrogen) atoms. The van der Waals surface area contributed by atoms with Gasteiger partial charge < -0.3 is 15.7 Å². The third-order valence-electron chi connectivity index (χ3n) is 2.85. The highest BCUT2D eigenvalue weighted by molar-refractivity contribution is 6.33. The SMILES string of the molecule is O=C(O)c1ccc(Cl)c(NC(=O)C2CCCN2)c1. The maximum atomic E-state index is 11.9. The van der Waals surface area contributed by atoms with Gasteiger partial charge in [0.1, 0.15) is 0 Å². The number of hydrogen-bond acceptors (Lipinski definition) is 3. The number of aromatic carboxylic acids is 1. The predicted octanol–water partition coefficient (Wildman–Crippen LogP) is 1.73. The molecule has 1 saturated heterocycles. The number of carboxylic acids is 1. The zero-order valence-corrected chi connectivity index (χ0v) is 10.3. The van der Waals surface area contributed by atoms with Gasteiger partial charge in [-0.3, -0.25) is 4.79 Å². The first-order valence-corrected chi connectivity index (χ1v) is 6.03. The number of rotatable bonds is 3. The van der Waals surface area contributed by atoms with Crippen LogP contribution in [0.4, 0.5) is 5.69 Å². The van der Waals surface area contributed by atoms with E-state index in [-0.39, 0.29) is 17.5 Å². The zero-order valence-electron chi connectivity index (χ0n) is 9.57. The molecule has 96 valence electrons. The highest BCUT2D eigenvalue weighted by atomic mass is 35.5. The first-order valence-electron chi connectivity index (χ1n) is 5.65. The fraction of sp³-hybridized carbons (Fsp3) is 0.333. The minimum Gasteiger partial charge on any atom is -0.478 e. The van der Waals surface area contributed by atoms with Gasteiger partial charge in [0, 0.05) is 0 Å². The lowest BCUT2D eigenvalue weighted by molar-refractivity contribution is -0.117. The number of halogens is 1. The Kier molecular flexibility index (Phi) is 3.84. The Morgan fingerprint density at radius 3 is 2.83 bits per heavy atom. The molecular weight excluding hydrogens is 256 g/mol. The van der Waals surface area contributed by atoms with Crippen molar-refractivity contribution in [3.05, 3.63) is 28.8 Å². The zero-order chi connectivity index (χ0) is 13.1. The van der Waals surface area contributed by atoms with Gasteiger partial charge in [0.15, 0.2) is 0 Å². The summed E-state index contributed by atoms with van der Waals surface area (Å²) in [5.74, 6) is -1.24. The molecular formula is C12H13ClN2O3. The molecule has 0 radical (unpaired) electrons. The molecule has 0 aliphatic carbocycles. The summed E-state index contributed by atoms with van der Waals surface area (Å²) < 4.78 is 0. The van der Waals surface area contributed by atoms with Gasteiger partial charge in [-0.1, -0.05) is 11.6 Å². The van der Waals surface area contributed by atoms with Crippen LogP contribution < -0.4 is 10.6 Å². The van der Waals surface area contributed by atoms with Crippen LogP contribution in [0.5, 0.6) is 0 Å². The van der Waals surface area contributed by atoms with Crippen LogP contribution in [-0.2, 0) is 4.79 Å². The number of carboxylic acid groups (broad SMARTS) is 1. The quantitative estimate of drug-likeness (QED) is 0.780. The van der Waals surface area contributed by atoms with Crippen molar-refractivity contribution in [2.24, 2.45) is 0 Å². The molecule has 0 bridgehead atoms. The van der Waals surface area contributed by atoms with Gasteiger partial charge in [0.2, 0.25) is 5.91 Å². The third kappa shape index (κ3) is 2.80. The van der Waals surface area contributed by atoms with Gasteiger partial charge in [0.25, 0.3) is 0 Å². The van der Waals surface area contributed by atoms with E-state index >= 15 is 0 Å². The van der Waals surface area contributed by atoms with Gasteiger partial charge >= 0.3 is 5.97 Å². The molecule has 1 aromatic rings. The molecule has 3 N–H and O–H groups in total. The summed E-state index contributed by atoms with van der Waals surface area (Å²) in [5.41, 5.74) is 0.421. The number of hydrogen-bond donors (Lipinski definition) is 3. The molecule has 0 spiro atoms. The Labute approximate surface area is 109 Å². The van der Waals surface area contributed by atoms with E-state index in [2.05, 4.69) is 10.6 Å². The van der Waals surface area contributed by atoms with Crippen LogP contribution in [0.15, 0.2) is 18.2 Å². The summed E-state index contributed by atoms with van der Waals surface area (Å²) in [4.78, 5) is 22.7. The molecule has 5 nitrogen and oxygen atoms in total. The summed E-state index contributed by atoms with van der Waals surface area (Å²) in [6.45, 7) is 0.820. The molecule has 1 aliphatic rings. The van der Waals surface area contributed by atoms with Crippen molar-refractivity contribution in [2.45, 2.75) is 18.9 Å². The van der Waals surface area contributed by atoms with Crippen molar-refractivity contribution in [3.63, 3.8) is 0 Å². The Morgan fingerprint density at radius 2 is 2.22 bits per heavy atom. The van der Waals surface area contributed by atoms with Crippen molar-refractivity contribution < 1.29 is 14.7 Å². The molecule has 1 heterocycles. The molecule has 1 fully saturated rings. The topological polar surface area (TPSA) is 78.4 Å². The maximum absolute atomic E-state index is 11.9. The lowest BCUT2D eigenvalue weighted by Gasteiger charge is -2.12. The van der Waals surface area contributed by atoms with Crippen LogP contribution in [0.25, 0.3) is 0 Å². The Hall–Kier alpha value is -1.59. The maximum Gasteiger partial charge on any atom is 0.335 e. The van der Waals surface area contributed by atoms with Crippen LogP contribution in [0.3, 0.4) is 0 Å². The highest BCUT2D eigenvalue weighted by Crippen LogP contribution is 2.23. The number of amides is 1. The predicted molar refractivity (Wildman–Crippen MR) is 68.1 cm³/mol. The average Bonchev–Trinajstić information content (AvgIpc) is 2.85. The summed E-state index contributed by atoms with van der Waals surface area (Å²) >= 11 is 5.92. The molecule has 6 heteroatoms. The van der Waals surface area contributed by atoms with Gasteiger partial charge in [-0.25, -0.2) is 4.79 Å². The normalized spacial score (nSPS) is 18.6. The van der Waals surface area contributed by atoms with Crippen molar-refractivity contribution in [1.82, 2.24) is 5.32 Å². The minimum absolute atomic E-state index is 0.0917. The standard InChI is InChI=1S/C12H13ClN2O3/c13-8-4-3-7(12(17)18)6-10(8)15-11(16)9-2-1-5-14-9/h3-4,6,9,14H,1-2,5H2,(H,15,16)(H,17,18). The van der Waals surface area contributed by atoms with E-state index in [0.29, 0.717) is 10.7 Å². The van der Waals surface area contributed by atoms with Crippen molar-refractivity contribution in [2.75, 3.05) is 11.9 Å². The Bertz CT molecular complexity index is 484. The Balaban J connectivity index is 2.14. The Morgan fingerprint density at radius 1 is 1.44 bits per heavy atom.